The lowest BCUT2D eigenvalue weighted by molar-refractivity contribution is -0.127. The van der Waals surface area contributed by atoms with Gasteiger partial charge in [0.05, 0.1) is 25.4 Å². The lowest BCUT2D eigenvalue weighted by atomic mass is 9.95. The van der Waals surface area contributed by atoms with Gasteiger partial charge in [-0.2, -0.15) is 0 Å². The highest BCUT2D eigenvalue weighted by molar-refractivity contribution is 5.77. The molecule has 8 nitrogen and oxygen atoms in total. The first-order valence-corrected chi connectivity index (χ1v) is 10.5. The predicted octanol–water partition coefficient (Wildman–Crippen LogP) is 1.70. The minimum atomic E-state index is -0.294. The normalized spacial score (nSPS) is 13.9. The SMILES string of the molecule is CCC(C)(CCOC(C)(C)CCOCC(=O)NCCOCCOCC(C)=O)NC. The highest BCUT2D eigenvalue weighted by atomic mass is 16.5. The molecule has 172 valence electrons. The van der Waals surface area contributed by atoms with E-state index in [2.05, 4.69) is 24.5 Å². The molecule has 0 rings (SSSR count). The Morgan fingerprint density at radius 1 is 0.862 bits per heavy atom. The van der Waals surface area contributed by atoms with Crippen LogP contribution in [-0.4, -0.2) is 82.7 Å². The molecule has 29 heavy (non-hydrogen) atoms. The number of Topliss-reactive ketones (excluding diaryl/α,β-unsaturated/α-hetero) is 1. The number of carbonyl (C=O) groups is 2. The maximum atomic E-state index is 11.7. The maximum Gasteiger partial charge on any atom is 0.246 e. The van der Waals surface area contributed by atoms with E-state index in [4.69, 9.17) is 18.9 Å². The van der Waals surface area contributed by atoms with Gasteiger partial charge in [-0.25, -0.2) is 0 Å². The largest absolute Gasteiger partial charge is 0.377 e. The van der Waals surface area contributed by atoms with Crippen LogP contribution in [0.25, 0.3) is 0 Å². The van der Waals surface area contributed by atoms with Crippen LogP contribution < -0.4 is 10.6 Å². The molecule has 8 heteroatoms. The van der Waals surface area contributed by atoms with E-state index >= 15 is 0 Å². The molecular weight excluding hydrogens is 376 g/mol. The van der Waals surface area contributed by atoms with Crippen molar-refractivity contribution in [3.05, 3.63) is 0 Å². The Labute approximate surface area is 176 Å². The van der Waals surface area contributed by atoms with E-state index < -0.39 is 0 Å². The van der Waals surface area contributed by atoms with Gasteiger partial charge in [0.2, 0.25) is 5.91 Å². The van der Waals surface area contributed by atoms with Crippen LogP contribution in [0.15, 0.2) is 0 Å². The summed E-state index contributed by atoms with van der Waals surface area (Å²) in [4.78, 5) is 22.4. The molecule has 1 amide bonds. The summed E-state index contributed by atoms with van der Waals surface area (Å²) in [6.45, 7) is 12.7. The van der Waals surface area contributed by atoms with Gasteiger partial charge >= 0.3 is 0 Å². The van der Waals surface area contributed by atoms with Crippen molar-refractivity contribution in [3.8, 4) is 0 Å². The highest BCUT2D eigenvalue weighted by Crippen LogP contribution is 2.19. The number of rotatable bonds is 19. The van der Waals surface area contributed by atoms with Crippen LogP contribution in [-0.2, 0) is 28.5 Å². The maximum absolute atomic E-state index is 11.7. The number of ether oxygens (including phenoxy) is 4. The zero-order valence-electron chi connectivity index (χ0n) is 19.2. The van der Waals surface area contributed by atoms with Gasteiger partial charge in [-0.15, -0.1) is 0 Å². The van der Waals surface area contributed by atoms with Gasteiger partial charge < -0.3 is 29.6 Å². The first kappa shape index (κ1) is 27.9. The number of hydrogen-bond donors (Lipinski definition) is 2. The van der Waals surface area contributed by atoms with Crippen molar-refractivity contribution in [2.24, 2.45) is 0 Å². The molecule has 0 aromatic heterocycles. The molecule has 2 N–H and O–H groups in total. The quantitative estimate of drug-likeness (QED) is 0.308. The molecule has 0 aliphatic rings. The van der Waals surface area contributed by atoms with E-state index in [1.54, 1.807) is 0 Å². The number of ketones is 1. The van der Waals surface area contributed by atoms with Gasteiger partial charge in [0, 0.05) is 25.3 Å². The van der Waals surface area contributed by atoms with E-state index in [1.807, 2.05) is 20.9 Å². The number of amides is 1. The molecular formula is C21H42N2O6. The average molecular weight is 419 g/mol. The van der Waals surface area contributed by atoms with Gasteiger partial charge in [0.15, 0.2) is 5.78 Å². The van der Waals surface area contributed by atoms with Crippen molar-refractivity contribution in [3.63, 3.8) is 0 Å². The average Bonchev–Trinajstić information content (AvgIpc) is 2.66. The molecule has 0 bridgehead atoms. The molecule has 0 saturated carbocycles. The van der Waals surface area contributed by atoms with Crippen molar-refractivity contribution in [2.45, 2.75) is 65.0 Å². The van der Waals surface area contributed by atoms with Crippen molar-refractivity contribution >= 4 is 11.7 Å². The summed E-state index contributed by atoms with van der Waals surface area (Å²) < 4.78 is 21.8. The molecule has 1 unspecified atom stereocenters. The van der Waals surface area contributed by atoms with Crippen LogP contribution in [0, 0.1) is 0 Å². The van der Waals surface area contributed by atoms with E-state index in [0.29, 0.717) is 46.0 Å². The van der Waals surface area contributed by atoms with E-state index in [-0.39, 0.29) is 36.0 Å². The summed E-state index contributed by atoms with van der Waals surface area (Å²) in [6.07, 6.45) is 2.70. The number of nitrogens with one attached hydrogen (secondary N) is 2. The summed E-state index contributed by atoms with van der Waals surface area (Å²) in [7, 11) is 1.98. The molecule has 0 fully saturated rings. The van der Waals surface area contributed by atoms with Crippen LogP contribution in [0.5, 0.6) is 0 Å². The minimum absolute atomic E-state index is 0.0134. The Bertz CT molecular complexity index is 452. The van der Waals surface area contributed by atoms with Crippen molar-refractivity contribution in [2.75, 3.05) is 59.8 Å². The third-order valence-electron chi connectivity index (χ3n) is 4.86. The first-order chi connectivity index (χ1) is 13.6. The van der Waals surface area contributed by atoms with E-state index in [1.165, 1.54) is 6.92 Å². The minimum Gasteiger partial charge on any atom is -0.377 e. The molecule has 0 heterocycles. The zero-order valence-corrected chi connectivity index (χ0v) is 19.2. The Kier molecular flexibility index (Phi) is 15.2. The third kappa shape index (κ3) is 16.4. The van der Waals surface area contributed by atoms with Gasteiger partial charge in [-0.05, 0) is 54.0 Å². The Morgan fingerprint density at radius 3 is 2.14 bits per heavy atom. The number of hydrogen-bond acceptors (Lipinski definition) is 7. The molecule has 0 saturated heterocycles. The topological polar surface area (TPSA) is 95.1 Å². The molecule has 0 spiro atoms. The second-order valence-electron chi connectivity index (χ2n) is 8.04. The fourth-order valence-corrected chi connectivity index (χ4v) is 2.34. The molecule has 1 atom stereocenters. The zero-order chi connectivity index (χ0) is 22.2. The summed E-state index contributed by atoms with van der Waals surface area (Å²) in [5.41, 5.74) is -0.201. The van der Waals surface area contributed by atoms with Crippen LogP contribution >= 0.6 is 0 Å². The van der Waals surface area contributed by atoms with E-state index in [9.17, 15) is 9.59 Å². The molecule has 0 aliphatic heterocycles. The summed E-state index contributed by atoms with van der Waals surface area (Å²) in [5.74, 6) is -0.187. The second-order valence-corrected chi connectivity index (χ2v) is 8.04. The van der Waals surface area contributed by atoms with E-state index in [0.717, 1.165) is 12.8 Å². The summed E-state index contributed by atoms with van der Waals surface area (Å²) in [5, 5.41) is 6.07. The second kappa shape index (κ2) is 15.7. The predicted molar refractivity (Wildman–Crippen MR) is 113 cm³/mol. The molecule has 0 aromatic carbocycles. The van der Waals surface area contributed by atoms with Crippen LogP contribution in [0.4, 0.5) is 0 Å². The molecule has 0 aliphatic carbocycles. The Balaban J connectivity index is 3.67. The number of carbonyl (C=O) groups excluding carboxylic acids is 2. The van der Waals surface area contributed by atoms with Crippen molar-refractivity contribution < 1.29 is 28.5 Å². The van der Waals surface area contributed by atoms with Crippen LogP contribution in [0.3, 0.4) is 0 Å². The summed E-state index contributed by atoms with van der Waals surface area (Å²) in [6, 6.07) is 0. The lowest BCUT2D eigenvalue weighted by Gasteiger charge is -2.31. The molecule has 0 radical (unpaired) electrons. The standard InChI is InChI=1S/C21H42N2O6/c1-7-21(5,22-6)9-12-29-20(3,4)8-11-27-17-19(25)23-10-13-26-14-15-28-16-18(2)24/h22H,7-17H2,1-6H3,(H,23,25). The fraction of sp³-hybridized carbons (Fsp3) is 0.905. The van der Waals surface area contributed by atoms with Gasteiger partial charge in [-0.3, -0.25) is 9.59 Å². The fourth-order valence-electron chi connectivity index (χ4n) is 2.34. The monoisotopic (exact) mass is 418 g/mol. The van der Waals surface area contributed by atoms with Crippen LogP contribution in [0.2, 0.25) is 0 Å². The van der Waals surface area contributed by atoms with Gasteiger partial charge in [0.1, 0.15) is 13.2 Å². The van der Waals surface area contributed by atoms with Crippen LogP contribution in [0.1, 0.15) is 53.9 Å². The summed E-state index contributed by atoms with van der Waals surface area (Å²) >= 11 is 0. The van der Waals surface area contributed by atoms with Gasteiger partial charge in [0.25, 0.3) is 0 Å². The van der Waals surface area contributed by atoms with Gasteiger partial charge in [-0.1, -0.05) is 6.92 Å². The lowest BCUT2D eigenvalue weighted by Crippen LogP contribution is -2.41. The highest BCUT2D eigenvalue weighted by Gasteiger charge is 2.23. The first-order valence-electron chi connectivity index (χ1n) is 10.5. The Hall–Kier alpha value is -1.06. The third-order valence-corrected chi connectivity index (χ3v) is 4.86. The van der Waals surface area contributed by atoms with Crippen molar-refractivity contribution in [1.82, 2.24) is 10.6 Å². The smallest absolute Gasteiger partial charge is 0.246 e. The molecule has 0 aromatic rings. The van der Waals surface area contributed by atoms with Crippen molar-refractivity contribution in [1.29, 1.82) is 0 Å². The Morgan fingerprint density at radius 2 is 1.52 bits per heavy atom.